The largest absolute Gasteiger partial charge is 0.491 e. The zero-order valence-corrected chi connectivity index (χ0v) is 15.8. The second-order valence-corrected chi connectivity index (χ2v) is 7.44. The van der Waals surface area contributed by atoms with E-state index in [0.29, 0.717) is 35.6 Å². The number of rotatable bonds is 6. The Balaban J connectivity index is 1.65. The molecular weight excluding hydrogens is 356 g/mol. The number of nitriles is 1. The first-order valence-corrected chi connectivity index (χ1v) is 9.35. The lowest BCUT2D eigenvalue weighted by Gasteiger charge is -2.15. The fourth-order valence-electron chi connectivity index (χ4n) is 2.85. The van der Waals surface area contributed by atoms with Gasteiger partial charge in [-0.05, 0) is 42.5 Å². The third-order valence-electron chi connectivity index (χ3n) is 4.41. The van der Waals surface area contributed by atoms with Gasteiger partial charge >= 0.3 is 0 Å². The van der Waals surface area contributed by atoms with Crippen LogP contribution in [0.15, 0.2) is 30.1 Å². The maximum absolute atomic E-state index is 12.2. The van der Waals surface area contributed by atoms with Crippen LogP contribution in [0.1, 0.15) is 37.8 Å². The van der Waals surface area contributed by atoms with Crippen molar-refractivity contribution in [3.63, 3.8) is 0 Å². The summed E-state index contributed by atoms with van der Waals surface area (Å²) < 4.78 is 5.92. The van der Waals surface area contributed by atoms with Crippen molar-refractivity contribution in [2.75, 3.05) is 6.61 Å². The summed E-state index contributed by atoms with van der Waals surface area (Å²) in [7, 11) is 0. The number of nitrogens with one attached hydrogen (secondary N) is 3. The first-order chi connectivity index (χ1) is 13.5. The van der Waals surface area contributed by atoms with E-state index in [0.717, 1.165) is 29.3 Å². The lowest BCUT2D eigenvalue weighted by molar-refractivity contribution is -0.119. The smallest absolute Gasteiger partial charge is 0.285 e. The van der Waals surface area contributed by atoms with E-state index in [1.54, 1.807) is 6.08 Å². The fourth-order valence-corrected chi connectivity index (χ4v) is 2.85. The Labute approximate surface area is 163 Å². The molecule has 4 rings (SSSR count). The van der Waals surface area contributed by atoms with Crippen LogP contribution < -0.4 is 21.0 Å². The molecule has 1 saturated carbocycles. The van der Waals surface area contributed by atoms with Crippen LogP contribution in [0.25, 0.3) is 17.0 Å². The number of benzene rings is 1. The van der Waals surface area contributed by atoms with Gasteiger partial charge in [0, 0.05) is 17.6 Å². The monoisotopic (exact) mass is 378 g/mol. The number of pyridine rings is 1. The van der Waals surface area contributed by atoms with Crippen LogP contribution in [0.3, 0.4) is 0 Å². The Bertz CT molecular complexity index is 990. The number of hydrogen-bond acceptors (Lipinski definition) is 7. The van der Waals surface area contributed by atoms with Crippen molar-refractivity contribution in [3.8, 4) is 11.8 Å². The molecule has 28 heavy (non-hydrogen) atoms. The van der Waals surface area contributed by atoms with Gasteiger partial charge in [-0.3, -0.25) is 20.6 Å². The summed E-state index contributed by atoms with van der Waals surface area (Å²) in [6, 6.07) is 8.18. The lowest BCUT2D eigenvalue weighted by atomic mass is 10.1. The Morgan fingerprint density at radius 3 is 2.96 bits per heavy atom. The van der Waals surface area contributed by atoms with Gasteiger partial charge in [-0.25, -0.2) is 5.43 Å². The molecule has 0 atom stereocenters. The minimum Gasteiger partial charge on any atom is -0.491 e. The third kappa shape index (κ3) is 3.91. The summed E-state index contributed by atoms with van der Waals surface area (Å²) in [6.45, 7) is 4.61. The van der Waals surface area contributed by atoms with Crippen LogP contribution >= 0.6 is 0 Å². The van der Waals surface area contributed by atoms with Crippen molar-refractivity contribution in [2.24, 2.45) is 5.92 Å². The molecule has 8 nitrogen and oxygen atoms in total. The van der Waals surface area contributed by atoms with Crippen LogP contribution in [-0.4, -0.2) is 28.8 Å². The molecule has 1 aromatic carbocycles. The van der Waals surface area contributed by atoms with E-state index < -0.39 is 0 Å². The molecule has 2 heterocycles. The van der Waals surface area contributed by atoms with Crippen LogP contribution in [0.4, 0.5) is 0 Å². The van der Waals surface area contributed by atoms with Crippen molar-refractivity contribution in [1.82, 2.24) is 26.5 Å². The minimum absolute atomic E-state index is 0.214. The van der Waals surface area contributed by atoms with E-state index in [4.69, 9.17) is 4.74 Å². The first kappa shape index (κ1) is 18.2. The van der Waals surface area contributed by atoms with Gasteiger partial charge in [0.05, 0.1) is 12.1 Å². The zero-order chi connectivity index (χ0) is 19.7. The molecule has 2 aromatic rings. The molecule has 0 spiro atoms. The summed E-state index contributed by atoms with van der Waals surface area (Å²) in [5, 5.41) is 11.7. The molecule has 1 amide bonds. The number of aromatic nitrogens is 1. The highest BCUT2D eigenvalue weighted by atomic mass is 16.5. The summed E-state index contributed by atoms with van der Waals surface area (Å²) in [6.07, 6.45) is 5.49. The second kappa shape index (κ2) is 7.46. The number of amides is 1. The summed E-state index contributed by atoms with van der Waals surface area (Å²) in [5.74, 6) is 0.645. The van der Waals surface area contributed by atoms with E-state index in [9.17, 15) is 10.1 Å². The zero-order valence-electron chi connectivity index (χ0n) is 15.8. The van der Waals surface area contributed by atoms with E-state index in [2.05, 4.69) is 41.2 Å². The number of fused-ring (bicyclic) bond motifs is 1. The standard InChI is InChI=1S/C20H22N6O2/c1-12(2)11-28-19-14(9-21)10-22-17-6-3-13(7-16(17)19)8-18-20(27)25-26(24-18)23-15-4-5-15/h3,6-8,10,12,15,23-24H,4-5,11H2,1-2H3,(H,25,27)/b18-8-. The molecule has 2 aliphatic rings. The van der Waals surface area contributed by atoms with Crippen LogP contribution in [0.5, 0.6) is 5.75 Å². The summed E-state index contributed by atoms with van der Waals surface area (Å²) in [5.41, 5.74) is 11.3. The van der Waals surface area contributed by atoms with Gasteiger partial charge in [-0.2, -0.15) is 5.26 Å². The second-order valence-electron chi connectivity index (χ2n) is 7.44. The molecule has 8 heteroatoms. The van der Waals surface area contributed by atoms with E-state index in [-0.39, 0.29) is 5.91 Å². The highest BCUT2D eigenvalue weighted by Crippen LogP contribution is 2.30. The van der Waals surface area contributed by atoms with Crippen LogP contribution in [0, 0.1) is 17.2 Å². The average Bonchev–Trinajstić information content (AvgIpc) is 3.42. The van der Waals surface area contributed by atoms with Gasteiger partial charge in [0.1, 0.15) is 23.1 Å². The molecule has 0 radical (unpaired) electrons. The van der Waals surface area contributed by atoms with Crippen molar-refractivity contribution >= 4 is 22.9 Å². The van der Waals surface area contributed by atoms with Gasteiger partial charge in [0.15, 0.2) is 0 Å². The highest BCUT2D eigenvalue weighted by molar-refractivity contribution is 5.99. The molecule has 1 aliphatic carbocycles. The van der Waals surface area contributed by atoms with Crippen molar-refractivity contribution in [1.29, 1.82) is 5.26 Å². The number of hydrogen-bond donors (Lipinski definition) is 3. The number of hydrazine groups is 3. The SMILES string of the molecule is CC(C)COc1c(C#N)cnc2ccc(/C=C3\NN(NC4CC4)NC3=O)cc12. The average molecular weight is 378 g/mol. The number of carbonyl (C=O) groups is 1. The van der Waals surface area contributed by atoms with E-state index in [1.165, 1.54) is 11.4 Å². The quantitative estimate of drug-likeness (QED) is 0.661. The maximum atomic E-state index is 12.2. The maximum Gasteiger partial charge on any atom is 0.285 e. The first-order valence-electron chi connectivity index (χ1n) is 9.35. The van der Waals surface area contributed by atoms with Crippen molar-refractivity contribution < 1.29 is 9.53 Å². The number of carbonyl (C=O) groups excluding carboxylic acids is 1. The van der Waals surface area contributed by atoms with E-state index in [1.807, 2.05) is 18.2 Å². The highest BCUT2D eigenvalue weighted by Gasteiger charge is 2.29. The number of ether oxygens (including phenoxy) is 1. The van der Waals surface area contributed by atoms with Gasteiger partial charge < -0.3 is 4.74 Å². The van der Waals surface area contributed by atoms with Crippen molar-refractivity contribution in [2.45, 2.75) is 32.7 Å². The Kier molecular flexibility index (Phi) is 4.86. The summed E-state index contributed by atoms with van der Waals surface area (Å²) >= 11 is 0. The Morgan fingerprint density at radius 1 is 1.43 bits per heavy atom. The third-order valence-corrected chi connectivity index (χ3v) is 4.41. The summed E-state index contributed by atoms with van der Waals surface area (Å²) in [4.78, 5) is 16.5. The Morgan fingerprint density at radius 2 is 2.25 bits per heavy atom. The van der Waals surface area contributed by atoms with Crippen molar-refractivity contribution in [3.05, 3.63) is 41.2 Å². The van der Waals surface area contributed by atoms with Gasteiger partial charge in [0.2, 0.25) is 0 Å². The van der Waals surface area contributed by atoms with Gasteiger partial charge in [-0.1, -0.05) is 25.1 Å². The van der Waals surface area contributed by atoms with Gasteiger partial charge in [-0.15, -0.1) is 0 Å². The van der Waals surface area contributed by atoms with Crippen LogP contribution in [-0.2, 0) is 4.79 Å². The van der Waals surface area contributed by atoms with Crippen LogP contribution in [0.2, 0.25) is 0 Å². The lowest BCUT2D eigenvalue weighted by Crippen LogP contribution is -2.50. The molecular formula is C20H22N6O2. The molecule has 3 N–H and O–H groups in total. The minimum atomic E-state index is -0.214. The molecule has 144 valence electrons. The molecule has 0 bridgehead atoms. The molecule has 0 unspecified atom stereocenters. The predicted molar refractivity (Wildman–Crippen MR) is 104 cm³/mol. The Hall–Kier alpha value is -3.15. The molecule has 1 saturated heterocycles. The molecule has 1 aromatic heterocycles. The fraction of sp³-hybridized carbons (Fsp3) is 0.350. The topological polar surface area (TPSA) is 102 Å². The normalized spacial score (nSPS) is 18.4. The molecule has 2 fully saturated rings. The predicted octanol–water partition coefficient (Wildman–Crippen LogP) is 2.00. The van der Waals surface area contributed by atoms with Gasteiger partial charge in [0.25, 0.3) is 5.91 Å². The number of nitrogens with zero attached hydrogens (tertiary/aromatic N) is 3. The van der Waals surface area contributed by atoms with E-state index >= 15 is 0 Å². The molecule has 1 aliphatic heterocycles.